The number of nitrogens with zero attached hydrogens (tertiary/aromatic N) is 2. The lowest BCUT2D eigenvalue weighted by Gasteiger charge is -2.23. The number of amides is 2. The van der Waals surface area contributed by atoms with Gasteiger partial charge in [-0.1, -0.05) is 50.3 Å². The SMILES string of the molecule is CC(C)c1ccc(CN(C)CN2C(=O)[C@H]3CC=CC[C@@H]3C2=O)cc1. The van der Waals surface area contributed by atoms with Gasteiger partial charge in [0.25, 0.3) is 0 Å². The summed E-state index contributed by atoms with van der Waals surface area (Å²) < 4.78 is 0. The van der Waals surface area contributed by atoms with Crippen molar-refractivity contribution in [3.8, 4) is 0 Å². The summed E-state index contributed by atoms with van der Waals surface area (Å²) in [4.78, 5) is 28.5. The lowest BCUT2D eigenvalue weighted by atomic mass is 9.85. The minimum Gasteiger partial charge on any atom is -0.284 e. The molecule has 0 radical (unpaired) electrons. The second-order valence-corrected chi connectivity index (χ2v) is 7.31. The van der Waals surface area contributed by atoms with Crippen LogP contribution >= 0.6 is 0 Å². The van der Waals surface area contributed by atoms with Gasteiger partial charge in [0.2, 0.25) is 11.8 Å². The Kier molecular flexibility index (Phi) is 4.86. The van der Waals surface area contributed by atoms with Gasteiger partial charge in [-0.25, -0.2) is 0 Å². The normalized spacial score (nSPS) is 23.5. The van der Waals surface area contributed by atoms with Crippen LogP contribution in [0.5, 0.6) is 0 Å². The summed E-state index contributed by atoms with van der Waals surface area (Å²) in [5.74, 6) is 0.240. The highest BCUT2D eigenvalue weighted by molar-refractivity contribution is 6.05. The summed E-state index contributed by atoms with van der Waals surface area (Å²) in [6, 6.07) is 8.56. The zero-order chi connectivity index (χ0) is 17.3. The highest BCUT2D eigenvalue weighted by Crippen LogP contribution is 2.35. The molecule has 1 aliphatic carbocycles. The molecule has 0 unspecified atom stereocenters. The second kappa shape index (κ2) is 6.89. The molecular formula is C20H26N2O2. The summed E-state index contributed by atoms with van der Waals surface area (Å²) in [6.45, 7) is 5.46. The van der Waals surface area contributed by atoms with Crippen molar-refractivity contribution in [3.63, 3.8) is 0 Å². The van der Waals surface area contributed by atoms with E-state index in [2.05, 4.69) is 38.1 Å². The molecule has 0 spiro atoms. The minimum absolute atomic E-state index is 0.00337. The van der Waals surface area contributed by atoms with Crippen LogP contribution < -0.4 is 0 Å². The van der Waals surface area contributed by atoms with Crippen LogP contribution in [-0.4, -0.2) is 35.3 Å². The molecule has 1 aromatic rings. The van der Waals surface area contributed by atoms with E-state index in [4.69, 9.17) is 0 Å². The highest BCUT2D eigenvalue weighted by Gasteiger charge is 2.47. The van der Waals surface area contributed by atoms with Gasteiger partial charge in [-0.2, -0.15) is 0 Å². The smallest absolute Gasteiger partial charge is 0.234 e. The Balaban J connectivity index is 1.61. The summed E-state index contributed by atoms with van der Waals surface area (Å²) in [6.07, 6.45) is 5.45. The maximum Gasteiger partial charge on any atom is 0.234 e. The summed E-state index contributed by atoms with van der Waals surface area (Å²) in [7, 11) is 1.96. The zero-order valence-electron chi connectivity index (χ0n) is 14.7. The molecular weight excluding hydrogens is 300 g/mol. The Morgan fingerprint density at radius 2 is 1.58 bits per heavy atom. The van der Waals surface area contributed by atoms with Crippen molar-refractivity contribution in [1.82, 2.24) is 9.80 Å². The molecule has 1 aliphatic heterocycles. The van der Waals surface area contributed by atoms with Crippen molar-refractivity contribution >= 4 is 11.8 Å². The van der Waals surface area contributed by atoms with E-state index < -0.39 is 0 Å². The summed E-state index contributed by atoms with van der Waals surface area (Å²) in [5, 5.41) is 0. The number of hydrogen-bond acceptors (Lipinski definition) is 3. The van der Waals surface area contributed by atoms with Crippen LogP contribution in [0.1, 0.15) is 43.7 Å². The molecule has 1 fully saturated rings. The first-order valence-corrected chi connectivity index (χ1v) is 8.75. The van der Waals surface area contributed by atoms with E-state index in [0.717, 1.165) is 6.54 Å². The maximum absolute atomic E-state index is 12.5. The number of likely N-dealkylation sites (tertiary alicyclic amines) is 1. The number of carbonyl (C=O) groups excluding carboxylic acids is 2. The third kappa shape index (κ3) is 3.29. The van der Waals surface area contributed by atoms with Gasteiger partial charge in [0.1, 0.15) is 0 Å². The van der Waals surface area contributed by atoms with Gasteiger partial charge < -0.3 is 0 Å². The first-order valence-electron chi connectivity index (χ1n) is 8.75. The molecule has 24 heavy (non-hydrogen) atoms. The molecule has 2 amide bonds. The molecule has 1 aromatic carbocycles. The average molecular weight is 326 g/mol. The van der Waals surface area contributed by atoms with Crippen molar-refractivity contribution in [1.29, 1.82) is 0 Å². The van der Waals surface area contributed by atoms with E-state index in [1.54, 1.807) is 0 Å². The maximum atomic E-state index is 12.5. The van der Waals surface area contributed by atoms with Crippen molar-refractivity contribution in [3.05, 3.63) is 47.5 Å². The third-order valence-electron chi connectivity index (χ3n) is 5.08. The lowest BCUT2D eigenvalue weighted by molar-refractivity contribution is -0.142. The summed E-state index contributed by atoms with van der Waals surface area (Å²) in [5.41, 5.74) is 2.52. The quantitative estimate of drug-likeness (QED) is 0.616. The Hall–Kier alpha value is -1.94. The van der Waals surface area contributed by atoms with Crippen molar-refractivity contribution in [2.45, 2.75) is 39.2 Å². The predicted octanol–water partition coefficient (Wildman–Crippen LogP) is 3.15. The number of benzene rings is 1. The first-order chi connectivity index (χ1) is 11.5. The van der Waals surface area contributed by atoms with Crippen LogP contribution in [0, 0.1) is 11.8 Å². The Labute approximate surface area is 144 Å². The molecule has 128 valence electrons. The number of imide groups is 1. The second-order valence-electron chi connectivity index (χ2n) is 7.31. The number of hydrogen-bond donors (Lipinski definition) is 0. The van der Waals surface area contributed by atoms with Gasteiger partial charge >= 0.3 is 0 Å². The largest absolute Gasteiger partial charge is 0.284 e. The number of fused-ring (bicyclic) bond motifs is 1. The summed E-state index contributed by atoms with van der Waals surface area (Å²) >= 11 is 0. The van der Waals surface area contributed by atoms with E-state index in [9.17, 15) is 9.59 Å². The monoisotopic (exact) mass is 326 g/mol. The van der Waals surface area contributed by atoms with Crippen LogP contribution in [0.15, 0.2) is 36.4 Å². The standard InChI is InChI=1S/C20H26N2O2/c1-14(2)16-10-8-15(9-11-16)12-21(3)13-22-19(23)17-6-4-5-7-18(17)20(22)24/h4-5,8-11,14,17-18H,6-7,12-13H2,1-3H3/t17-,18-/m0/s1. The van der Waals surface area contributed by atoms with E-state index in [0.29, 0.717) is 25.4 Å². The molecule has 3 rings (SSSR count). The van der Waals surface area contributed by atoms with E-state index in [1.165, 1.54) is 16.0 Å². The zero-order valence-corrected chi connectivity index (χ0v) is 14.7. The lowest BCUT2D eigenvalue weighted by Crippen LogP contribution is -2.40. The van der Waals surface area contributed by atoms with Gasteiger partial charge in [-0.15, -0.1) is 0 Å². The number of allylic oxidation sites excluding steroid dienone is 2. The van der Waals surface area contributed by atoms with Crippen molar-refractivity contribution < 1.29 is 9.59 Å². The van der Waals surface area contributed by atoms with E-state index >= 15 is 0 Å². The highest BCUT2D eigenvalue weighted by atomic mass is 16.2. The molecule has 4 nitrogen and oxygen atoms in total. The Bertz CT molecular complexity index is 622. The predicted molar refractivity (Wildman–Crippen MR) is 94.1 cm³/mol. The minimum atomic E-state index is -0.138. The topological polar surface area (TPSA) is 40.6 Å². The molecule has 0 N–H and O–H groups in total. The van der Waals surface area contributed by atoms with Gasteiger partial charge in [0, 0.05) is 6.54 Å². The van der Waals surface area contributed by atoms with Gasteiger partial charge in [0.05, 0.1) is 18.5 Å². The molecule has 0 aromatic heterocycles. The average Bonchev–Trinajstić information content (AvgIpc) is 2.81. The first kappa shape index (κ1) is 16.9. The van der Waals surface area contributed by atoms with Gasteiger partial charge in [0.15, 0.2) is 0 Å². The van der Waals surface area contributed by atoms with Crippen molar-refractivity contribution in [2.24, 2.45) is 11.8 Å². The fraction of sp³-hybridized carbons (Fsp3) is 0.500. The molecule has 0 bridgehead atoms. The Morgan fingerprint density at radius 3 is 2.08 bits per heavy atom. The molecule has 4 heteroatoms. The van der Waals surface area contributed by atoms with Gasteiger partial charge in [-0.3, -0.25) is 19.4 Å². The van der Waals surface area contributed by atoms with Crippen molar-refractivity contribution in [2.75, 3.05) is 13.7 Å². The third-order valence-corrected chi connectivity index (χ3v) is 5.08. The Morgan fingerprint density at radius 1 is 1.04 bits per heavy atom. The molecule has 2 aliphatic rings. The van der Waals surface area contributed by atoms with Gasteiger partial charge in [-0.05, 0) is 36.9 Å². The van der Waals surface area contributed by atoms with Crippen LogP contribution in [0.4, 0.5) is 0 Å². The number of carbonyl (C=O) groups is 2. The fourth-order valence-electron chi connectivity index (χ4n) is 3.62. The molecule has 1 heterocycles. The molecule has 1 saturated heterocycles. The number of rotatable bonds is 5. The van der Waals surface area contributed by atoms with Crippen LogP contribution in [-0.2, 0) is 16.1 Å². The molecule has 2 atom stereocenters. The fourth-order valence-corrected chi connectivity index (χ4v) is 3.62. The van der Waals surface area contributed by atoms with E-state index in [-0.39, 0.29) is 23.7 Å². The van der Waals surface area contributed by atoms with Crippen LogP contribution in [0.2, 0.25) is 0 Å². The van der Waals surface area contributed by atoms with E-state index in [1.807, 2.05) is 24.1 Å². The molecule has 0 saturated carbocycles. The van der Waals surface area contributed by atoms with Crippen LogP contribution in [0.3, 0.4) is 0 Å². The van der Waals surface area contributed by atoms with Crippen LogP contribution in [0.25, 0.3) is 0 Å².